The van der Waals surface area contributed by atoms with E-state index in [1.54, 1.807) is 37.3 Å². The van der Waals surface area contributed by atoms with Crippen LogP contribution in [0.5, 0.6) is 11.5 Å². The first-order chi connectivity index (χ1) is 13.1. The number of halogens is 1. The average Bonchev–Trinajstić information content (AvgIpc) is 3.40. The van der Waals surface area contributed by atoms with Crippen LogP contribution in [0.15, 0.2) is 41.5 Å². The van der Waals surface area contributed by atoms with Crippen LogP contribution in [-0.2, 0) is 9.68 Å². The zero-order valence-corrected chi connectivity index (χ0v) is 15.6. The summed E-state index contributed by atoms with van der Waals surface area (Å²) in [4.78, 5) is 12.5. The Morgan fingerprint density at radius 1 is 1.22 bits per heavy atom. The summed E-state index contributed by atoms with van der Waals surface area (Å²) in [5.74, 6) is 1.27. The molecule has 2 aliphatic heterocycles. The highest BCUT2D eigenvalue weighted by molar-refractivity contribution is 6.31. The second-order valence-corrected chi connectivity index (χ2v) is 6.17. The average molecular weight is 392 g/mol. The molecule has 1 unspecified atom stereocenters. The van der Waals surface area contributed by atoms with E-state index in [9.17, 15) is 0 Å². The van der Waals surface area contributed by atoms with Gasteiger partial charge in [-0.3, -0.25) is 4.84 Å². The second kappa shape index (κ2) is 7.12. The Bertz CT molecular complexity index is 890. The zero-order valence-electron chi connectivity index (χ0n) is 14.9. The molecule has 1 fully saturated rings. The van der Waals surface area contributed by atoms with E-state index < -0.39 is 6.35 Å². The van der Waals surface area contributed by atoms with Crippen molar-refractivity contribution in [3.8, 4) is 11.5 Å². The Hall–Kier alpha value is -2.72. The van der Waals surface area contributed by atoms with E-state index in [1.807, 2.05) is 25.1 Å². The fourth-order valence-electron chi connectivity index (χ4n) is 2.69. The summed E-state index contributed by atoms with van der Waals surface area (Å²) in [5.41, 5.74) is 7.83. The monoisotopic (exact) mass is 391 g/mol. The van der Waals surface area contributed by atoms with Gasteiger partial charge in [-0.1, -0.05) is 22.8 Å². The lowest BCUT2D eigenvalue weighted by Gasteiger charge is -2.21. The Morgan fingerprint density at radius 2 is 2.04 bits per heavy atom. The molecule has 9 nitrogen and oxygen atoms in total. The van der Waals surface area contributed by atoms with E-state index in [4.69, 9.17) is 30.7 Å². The van der Waals surface area contributed by atoms with Gasteiger partial charge in [0.2, 0.25) is 6.35 Å². The first kappa shape index (κ1) is 17.7. The van der Waals surface area contributed by atoms with Crippen LogP contribution in [0.4, 0.5) is 11.4 Å². The van der Waals surface area contributed by atoms with Crippen molar-refractivity contribution in [2.75, 3.05) is 24.2 Å². The van der Waals surface area contributed by atoms with Gasteiger partial charge in [-0.15, -0.1) is 5.48 Å². The van der Waals surface area contributed by atoms with Crippen molar-refractivity contribution >= 4 is 29.0 Å². The van der Waals surface area contributed by atoms with Gasteiger partial charge >= 0.3 is 6.02 Å². The number of nitrogens with zero attached hydrogens (tertiary/aromatic N) is 3. The molecule has 2 aromatic rings. The minimum atomic E-state index is -0.452. The lowest BCUT2D eigenvalue weighted by atomic mass is 10.2. The van der Waals surface area contributed by atoms with Gasteiger partial charge in [0.1, 0.15) is 11.5 Å². The predicted octanol–water partition coefficient (Wildman–Crippen LogP) is 2.52. The van der Waals surface area contributed by atoms with Crippen molar-refractivity contribution < 1.29 is 19.1 Å². The number of amidine groups is 1. The van der Waals surface area contributed by atoms with Crippen LogP contribution < -0.4 is 30.6 Å². The minimum absolute atomic E-state index is 0.260. The van der Waals surface area contributed by atoms with Crippen molar-refractivity contribution in [2.45, 2.75) is 13.3 Å². The van der Waals surface area contributed by atoms with Crippen LogP contribution in [0.25, 0.3) is 0 Å². The molecule has 142 valence electrons. The summed E-state index contributed by atoms with van der Waals surface area (Å²) in [5, 5.41) is 6.63. The maximum absolute atomic E-state index is 6.21. The predicted molar refractivity (Wildman–Crippen MR) is 100 cm³/mol. The van der Waals surface area contributed by atoms with Gasteiger partial charge < -0.3 is 14.3 Å². The molecule has 0 aliphatic carbocycles. The first-order valence-corrected chi connectivity index (χ1v) is 8.49. The van der Waals surface area contributed by atoms with Crippen LogP contribution in [-0.4, -0.2) is 26.6 Å². The number of nitrogens with one attached hydrogen (secondary N) is 2. The van der Waals surface area contributed by atoms with E-state index >= 15 is 0 Å². The highest BCUT2D eigenvalue weighted by Crippen LogP contribution is 2.36. The SMILES string of the molecule is COc1ccc(OC)c(N(C2=NN(c3cccc(Cl)c3C)NO2)C2NO2)c1. The van der Waals surface area contributed by atoms with Gasteiger partial charge in [-0.05, 0) is 42.3 Å². The number of hydrogen-bond donors (Lipinski definition) is 2. The molecule has 2 heterocycles. The van der Waals surface area contributed by atoms with Gasteiger partial charge in [0, 0.05) is 11.1 Å². The van der Waals surface area contributed by atoms with Crippen LogP contribution in [0, 0.1) is 6.92 Å². The Kier molecular flexibility index (Phi) is 4.66. The largest absolute Gasteiger partial charge is 0.497 e. The van der Waals surface area contributed by atoms with E-state index in [-0.39, 0.29) is 6.02 Å². The van der Waals surface area contributed by atoms with Crippen molar-refractivity contribution in [3.63, 3.8) is 0 Å². The van der Waals surface area contributed by atoms with Gasteiger partial charge in [-0.25, -0.2) is 4.90 Å². The first-order valence-electron chi connectivity index (χ1n) is 8.11. The molecule has 0 aromatic heterocycles. The molecule has 1 atom stereocenters. The maximum atomic E-state index is 6.21. The quantitative estimate of drug-likeness (QED) is 0.751. The van der Waals surface area contributed by atoms with Gasteiger partial charge in [0.15, 0.2) is 0 Å². The third-order valence-corrected chi connectivity index (χ3v) is 4.60. The Balaban J connectivity index is 1.71. The molecular formula is C17H18ClN5O4. The molecule has 10 heteroatoms. The number of anilines is 2. The minimum Gasteiger partial charge on any atom is -0.497 e. The smallest absolute Gasteiger partial charge is 0.340 e. The molecule has 1 saturated heterocycles. The number of hydrogen-bond acceptors (Lipinski definition) is 9. The number of benzene rings is 2. The summed E-state index contributed by atoms with van der Waals surface area (Å²) < 4.78 is 10.8. The van der Waals surface area contributed by atoms with Crippen LogP contribution in [0.3, 0.4) is 0 Å². The number of hydrazone groups is 1. The molecule has 0 radical (unpaired) electrons. The van der Waals surface area contributed by atoms with E-state index in [2.05, 4.69) is 16.2 Å². The molecule has 0 bridgehead atoms. The van der Waals surface area contributed by atoms with Crippen molar-refractivity contribution in [1.29, 1.82) is 0 Å². The number of hydroxylamine groups is 1. The highest BCUT2D eigenvalue weighted by Gasteiger charge is 2.40. The molecule has 2 N–H and O–H groups in total. The second-order valence-electron chi connectivity index (χ2n) is 5.77. The number of hydrazine groups is 1. The fourth-order valence-corrected chi connectivity index (χ4v) is 2.86. The third kappa shape index (κ3) is 3.33. The van der Waals surface area contributed by atoms with Gasteiger partial charge in [0.05, 0.1) is 25.6 Å². The molecular weight excluding hydrogens is 374 g/mol. The fraction of sp³-hybridized carbons (Fsp3) is 0.235. The van der Waals surface area contributed by atoms with Crippen LogP contribution in [0.1, 0.15) is 5.56 Å². The summed E-state index contributed by atoms with van der Waals surface area (Å²) in [6.45, 7) is 1.90. The Labute approximate surface area is 160 Å². The van der Waals surface area contributed by atoms with Gasteiger partial charge in [-0.2, -0.15) is 5.12 Å². The molecule has 0 amide bonds. The number of ether oxygens (including phenoxy) is 2. The molecule has 27 heavy (non-hydrogen) atoms. The van der Waals surface area contributed by atoms with Crippen molar-refractivity contribution in [3.05, 3.63) is 47.0 Å². The summed E-state index contributed by atoms with van der Waals surface area (Å²) in [7, 11) is 3.18. The van der Waals surface area contributed by atoms with E-state index in [0.717, 1.165) is 11.3 Å². The summed E-state index contributed by atoms with van der Waals surface area (Å²) in [6.07, 6.45) is -0.452. The molecule has 4 rings (SSSR count). The molecule has 0 saturated carbocycles. The lowest BCUT2D eigenvalue weighted by Crippen LogP contribution is -2.37. The third-order valence-electron chi connectivity index (χ3n) is 4.19. The zero-order chi connectivity index (χ0) is 19.0. The van der Waals surface area contributed by atoms with Crippen LogP contribution >= 0.6 is 11.6 Å². The summed E-state index contributed by atoms with van der Waals surface area (Å²) >= 11 is 6.21. The summed E-state index contributed by atoms with van der Waals surface area (Å²) in [6, 6.07) is 11.2. The normalized spacial score (nSPS) is 18.0. The number of rotatable bonds is 5. The molecule has 0 spiro atoms. The van der Waals surface area contributed by atoms with Crippen molar-refractivity contribution in [1.82, 2.24) is 11.1 Å². The topological polar surface area (TPSA) is 93.0 Å². The molecule has 2 aromatic carbocycles. The lowest BCUT2D eigenvalue weighted by molar-refractivity contribution is 0.194. The maximum Gasteiger partial charge on any atom is 0.340 e. The highest BCUT2D eigenvalue weighted by atomic mass is 35.5. The van der Waals surface area contributed by atoms with E-state index in [1.165, 1.54) is 5.12 Å². The van der Waals surface area contributed by atoms with Gasteiger partial charge in [0.25, 0.3) is 0 Å². The van der Waals surface area contributed by atoms with Crippen molar-refractivity contribution in [2.24, 2.45) is 5.10 Å². The van der Waals surface area contributed by atoms with Crippen LogP contribution in [0.2, 0.25) is 5.02 Å². The van der Waals surface area contributed by atoms with E-state index in [0.29, 0.717) is 22.2 Å². The Morgan fingerprint density at radius 3 is 2.74 bits per heavy atom. The molecule has 2 aliphatic rings. The number of methoxy groups -OCH3 is 2. The standard InChI is InChI=1S/C17H18ClN5O4/c1-10-12(18)5-4-6-13(10)23-19-16(27-21-23)22(17-20-26-17)14-9-11(24-2)7-8-15(14)25-3/h4-9,17,20-21H,1-3H3.